The average molecular weight is 528 g/mol. The van der Waals surface area contributed by atoms with Crippen LogP contribution in [0.5, 0.6) is 5.75 Å². The van der Waals surface area contributed by atoms with Gasteiger partial charge in [-0.3, -0.25) is 4.79 Å². The second-order valence-corrected chi connectivity index (χ2v) is 12.0. The fourth-order valence-corrected chi connectivity index (χ4v) is 6.87. The topological polar surface area (TPSA) is 111 Å². The van der Waals surface area contributed by atoms with E-state index in [-0.39, 0.29) is 42.8 Å². The zero-order chi connectivity index (χ0) is 25.4. The Morgan fingerprint density at radius 2 is 1.86 bits per heavy atom. The molecule has 1 atom stereocenters. The van der Waals surface area contributed by atoms with Crippen molar-refractivity contribution in [2.24, 2.45) is 5.73 Å². The fourth-order valence-electron chi connectivity index (χ4n) is 4.15. The number of nitrogens with two attached hydrogens (primary N) is 1. The van der Waals surface area contributed by atoms with Crippen molar-refractivity contribution in [3.05, 3.63) is 58.4 Å². The molecule has 0 unspecified atom stereocenters. The summed E-state index contributed by atoms with van der Waals surface area (Å²) in [6.45, 7) is 0. The van der Waals surface area contributed by atoms with Crippen LogP contribution in [0.15, 0.2) is 30.3 Å². The second kappa shape index (κ2) is 9.75. The van der Waals surface area contributed by atoms with Crippen molar-refractivity contribution < 1.29 is 31.1 Å². The van der Waals surface area contributed by atoms with E-state index in [0.717, 1.165) is 10.8 Å². The zero-order valence-electron chi connectivity index (χ0n) is 18.8. The van der Waals surface area contributed by atoms with E-state index in [2.05, 4.69) is 10.3 Å². The van der Waals surface area contributed by atoms with Gasteiger partial charge in [0.05, 0.1) is 34.4 Å². The molecule has 12 heteroatoms. The summed E-state index contributed by atoms with van der Waals surface area (Å²) in [4.78, 5) is 17.6. The Morgan fingerprint density at radius 3 is 2.54 bits per heavy atom. The van der Waals surface area contributed by atoms with Crippen molar-refractivity contribution in [3.63, 3.8) is 0 Å². The minimum Gasteiger partial charge on any atom is -0.497 e. The first-order valence-corrected chi connectivity index (χ1v) is 13.5. The number of aromatic nitrogens is 1. The summed E-state index contributed by atoms with van der Waals surface area (Å²) in [6.07, 6.45) is -0.124. The third-order valence-corrected chi connectivity index (χ3v) is 8.96. The minimum atomic E-state index is -3.24. The van der Waals surface area contributed by atoms with Gasteiger partial charge in [0, 0.05) is 18.5 Å². The smallest absolute Gasteiger partial charge is 0.222 e. The number of carbonyl (C=O) groups is 1. The van der Waals surface area contributed by atoms with Gasteiger partial charge in [0.25, 0.3) is 0 Å². The third-order valence-electron chi connectivity index (χ3n) is 6.08. The molecule has 3 aromatic rings. The minimum absolute atomic E-state index is 0.112. The molecule has 0 radical (unpaired) electrons. The second-order valence-electron chi connectivity index (χ2n) is 8.66. The Labute approximate surface area is 204 Å². The maximum atomic E-state index is 14.0. The molecule has 1 saturated heterocycles. The standard InChI is InChI=1S/C23H24F3N3O4S2/c1-33-15-2-3-19-20(11-15)34-22(28-19)23(4-6-35(31,32)7-5-23)29-21(30)10-14(27)8-13-9-17(25)18(26)12-16(13)24/h2-3,9,11-12,14H,4-8,10,27H2,1H3,(H,29,30)/t14-/m1/s1. The van der Waals surface area contributed by atoms with Crippen LogP contribution in [0.3, 0.4) is 0 Å². The Balaban J connectivity index is 1.55. The van der Waals surface area contributed by atoms with Crippen molar-refractivity contribution >= 4 is 37.3 Å². The fraction of sp³-hybridized carbons (Fsp3) is 0.391. The molecule has 0 spiro atoms. The number of thiazole rings is 1. The third kappa shape index (κ3) is 5.60. The molecule has 2 heterocycles. The number of rotatable bonds is 7. The first kappa shape index (κ1) is 25.4. The molecule has 1 aromatic heterocycles. The van der Waals surface area contributed by atoms with E-state index in [1.165, 1.54) is 11.3 Å². The highest BCUT2D eigenvalue weighted by Crippen LogP contribution is 2.39. The summed E-state index contributed by atoms with van der Waals surface area (Å²) in [5.74, 6) is -3.51. The summed E-state index contributed by atoms with van der Waals surface area (Å²) < 4.78 is 71.0. The monoisotopic (exact) mass is 527 g/mol. The van der Waals surface area contributed by atoms with Gasteiger partial charge in [0.2, 0.25) is 5.91 Å². The maximum absolute atomic E-state index is 14.0. The summed E-state index contributed by atoms with van der Waals surface area (Å²) in [5.41, 5.74) is 5.57. The number of halogens is 3. The Kier molecular flexibility index (Phi) is 7.07. The molecule has 1 amide bonds. The van der Waals surface area contributed by atoms with Gasteiger partial charge in [-0.25, -0.2) is 26.6 Å². The van der Waals surface area contributed by atoms with Crippen LogP contribution < -0.4 is 15.8 Å². The number of hydrogen-bond acceptors (Lipinski definition) is 7. The number of sulfone groups is 1. The van der Waals surface area contributed by atoms with Gasteiger partial charge in [0.1, 0.15) is 16.6 Å². The first-order chi connectivity index (χ1) is 16.5. The largest absolute Gasteiger partial charge is 0.497 e. The van der Waals surface area contributed by atoms with Crippen LogP contribution in [-0.2, 0) is 26.6 Å². The highest BCUT2D eigenvalue weighted by atomic mass is 32.2. The number of hydrogen-bond donors (Lipinski definition) is 2. The molecular formula is C23H24F3N3O4S2. The van der Waals surface area contributed by atoms with E-state index in [1.54, 1.807) is 19.2 Å². The van der Waals surface area contributed by atoms with Gasteiger partial charge in [-0.05, 0) is 49.1 Å². The molecule has 1 aliphatic rings. The van der Waals surface area contributed by atoms with Gasteiger partial charge in [-0.1, -0.05) is 0 Å². The molecule has 4 rings (SSSR count). The molecule has 0 saturated carbocycles. The van der Waals surface area contributed by atoms with E-state index < -0.39 is 44.8 Å². The molecule has 35 heavy (non-hydrogen) atoms. The van der Waals surface area contributed by atoms with Gasteiger partial charge < -0.3 is 15.8 Å². The van der Waals surface area contributed by atoms with Gasteiger partial charge in [-0.15, -0.1) is 11.3 Å². The number of nitrogens with zero attached hydrogens (tertiary/aromatic N) is 1. The molecule has 7 nitrogen and oxygen atoms in total. The Morgan fingerprint density at radius 1 is 1.17 bits per heavy atom. The molecule has 0 aliphatic carbocycles. The van der Waals surface area contributed by atoms with Crippen LogP contribution in [0.2, 0.25) is 0 Å². The molecular weight excluding hydrogens is 503 g/mol. The lowest BCUT2D eigenvalue weighted by molar-refractivity contribution is -0.123. The average Bonchev–Trinajstić information content (AvgIpc) is 3.23. The van der Waals surface area contributed by atoms with Gasteiger partial charge in [-0.2, -0.15) is 0 Å². The predicted molar refractivity (Wildman–Crippen MR) is 126 cm³/mol. The number of benzene rings is 2. The number of methoxy groups -OCH3 is 1. The van der Waals surface area contributed by atoms with Gasteiger partial charge >= 0.3 is 0 Å². The first-order valence-electron chi connectivity index (χ1n) is 10.9. The number of nitrogens with one attached hydrogen (secondary N) is 1. The summed E-state index contributed by atoms with van der Waals surface area (Å²) >= 11 is 1.34. The maximum Gasteiger partial charge on any atom is 0.222 e. The van der Waals surface area contributed by atoms with Crippen LogP contribution >= 0.6 is 11.3 Å². The van der Waals surface area contributed by atoms with Crippen LogP contribution in [0.4, 0.5) is 13.2 Å². The van der Waals surface area contributed by atoms with Crippen molar-refractivity contribution in [1.82, 2.24) is 10.3 Å². The molecule has 2 aromatic carbocycles. The van der Waals surface area contributed by atoms with Crippen LogP contribution in [0, 0.1) is 17.5 Å². The van der Waals surface area contributed by atoms with E-state index in [9.17, 15) is 26.4 Å². The quantitative estimate of drug-likeness (QED) is 0.457. The lowest BCUT2D eigenvalue weighted by Gasteiger charge is -2.36. The predicted octanol–water partition coefficient (Wildman–Crippen LogP) is 3.20. The Hall–Kier alpha value is -2.70. The lowest BCUT2D eigenvalue weighted by atomic mass is 9.92. The molecule has 0 bridgehead atoms. The van der Waals surface area contributed by atoms with E-state index >= 15 is 0 Å². The van der Waals surface area contributed by atoms with Crippen LogP contribution in [0.25, 0.3) is 10.2 Å². The summed E-state index contributed by atoms with van der Waals surface area (Å²) in [7, 11) is -1.69. The normalized spacial score (nSPS) is 17.7. The van der Waals surface area contributed by atoms with E-state index in [0.29, 0.717) is 22.3 Å². The number of ether oxygens (including phenoxy) is 1. The molecule has 1 aliphatic heterocycles. The van der Waals surface area contributed by atoms with Crippen LogP contribution in [0.1, 0.15) is 29.8 Å². The van der Waals surface area contributed by atoms with Gasteiger partial charge in [0.15, 0.2) is 21.5 Å². The van der Waals surface area contributed by atoms with Crippen LogP contribution in [-0.4, -0.2) is 44.0 Å². The van der Waals surface area contributed by atoms with Crippen molar-refractivity contribution in [3.8, 4) is 5.75 Å². The SMILES string of the molecule is COc1ccc2nc(C3(NC(=O)C[C@H](N)Cc4cc(F)c(F)cc4F)CCS(=O)(=O)CC3)sc2c1. The highest BCUT2D eigenvalue weighted by Gasteiger charge is 2.42. The number of amides is 1. The van der Waals surface area contributed by atoms with E-state index in [1.807, 2.05) is 6.07 Å². The zero-order valence-corrected chi connectivity index (χ0v) is 20.4. The highest BCUT2D eigenvalue weighted by molar-refractivity contribution is 7.91. The van der Waals surface area contributed by atoms with E-state index in [4.69, 9.17) is 10.5 Å². The van der Waals surface area contributed by atoms with Crippen molar-refractivity contribution in [2.75, 3.05) is 18.6 Å². The summed E-state index contributed by atoms with van der Waals surface area (Å²) in [6, 6.07) is 5.66. The molecule has 1 fully saturated rings. The Bertz CT molecular complexity index is 1360. The van der Waals surface area contributed by atoms with Crippen molar-refractivity contribution in [2.45, 2.75) is 37.3 Å². The number of carbonyl (C=O) groups excluding carboxylic acids is 1. The molecule has 3 N–H and O–H groups in total. The lowest BCUT2D eigenvalue weighted by Crippen LogP contribution is -2.51. The summed E-state index contributed by atoms with van der Waals surface area (Å²) in [5, 5.41) is 3.51. The number of fused-ring (bicyclic) bond motifs is 1. The van der Waals surface area contributed by atoms with Crippen molar-refractivity contribution in [1.29, 1.82) is 0 Å². The molecule has 188 valence electrons.